The van der Waals surface area contributed by atoms with Crippen molar-refractivity contribution in [2.45, 2.75) is 52.5 Å². The zero-order valence-electron chi connectivity index (χ0n) is 21.1. The maximum atomic E-state index is 13.0. The number of aryl methyl sites for hydroxylation is 4. The van der Waals surface area contributed by atoms with Crippen LogP contribution in [0, 0.1) is 20.8 Å². The van der Waals surface area contributed by atoms with Crippen molar-refractivity contribution in [3.05, 3.63) is 88.2 Å². The maximum Gasteiger partial charge on any atom is 0.227 e. The lowest BCUT2D eigenvalue weighted by Gasteiger charge is -2.18. The molecular formula is C30H32ClN3O2. The van der Waals surface area contributed by atoms with Gasteiger partial charge in [0.1, 0.15) is 11.6 Å². The number of fused-ring (bicyclic) bond motifs is 1. The normalized spacial score (nSPS) is 15.7. The van der Waals surface area contributed by atoms with Gasteiger partial charge in [0.15, 0.2) is 0 Å². The molecule has 1 atom stereocenters. The largest absolute Gasteiger partial charge is 0.494 e. The SMILES string of the molecule is Cc1ccc(N2CC(c3nc4ccccc4n3CCCCOc3ccc(Cl)c(C)c3)CC2=O)cc1C. The van der Waals surface area contributed by atoms with E-state index in [9.17, 15) is 4.79 Å². The van der Waals surface area contributed by atoms with E-state index in [2.05, 4.69) is 48.7 Å². The minimum absolute atomic E-state index is 0.0693. The molecule has 1 fully saturated rings. The van der Waals surface area contributed by atoms with Gasteiger partial charge in [-0.15, -0.1) is 0 Å². The molecule has 1 unspecified atom stereocenters. The standard InChI is InChI=1S/C30H32ClN3O2/c1-20-10-11-24(16-21(20)2)34-19-23(18-29(34)35)30-32-27-8-4-5-9-28(27)33(30)14-6-7-15-36-25-12-13-26(31)22(3)17-25/h4-5,8-13,16-17,23H,6-7,14-15,18-19H2,1-3H3. The number of amides is 1. The van der Waals surface area contributed by atoms with Crippen LogP contribution in [0.25, 0.3) is 11.0 Å². The molecule has 6 heteroatoms. The number of imidazole rings is 1. The Morgan fingerprint density at radius 2 is 1.81 bits per heavy atom. The average molecular weight is 502 g/mol. The quantitative estimate of drug-likeness (QED) is 0.244. The summed E-state index contributed by atoms with van der Waals surface area (Å²) in [7, 11) is 0. The lowest BCUT2D eigenvalue weighted by molar-refractivity contribution is -0.117. The molecule has 1 amide bonds. The zero-order chi connectivity index (χ0) is 25.2. The number of carbonyl (C=O) groups excluding carboxylic acids is 1. The fraction of sp³-hybridized carbons (Fsp3) is 0.333. The fourth-order valence-corrected chi connectivity index (χ4v) is 5.05. The number of hydrogen-bond donors (Lipinski definition) is 0. The van der Waals surface area contributed by atoms with Crippen LogP contribution in [0.1, 0.15) is 47.7 Å². The summed E-state index contributed by atoms with van der Waals surface area (Å²) in [6.45, 7) is 8.31. The second kappa shape index (κ2) is 10.4. The fourth-order valence-electron chi connectivity index (χ4n) is 4.93. The number of unbranched alkanes of at least 4 members (excludes halogenated alkanes) is 1. The molecule has 36 heavy (non-hydrogen) atoms. The van der Waals surface area contributed by atoms with E-state index < -0.39 is 0 Å². The van der Waals surface area contributed by atoms with Gasteiger partial charge in [0.25, 0.3) is 0 Å². The summed E-state index contributed by atoms with van der Waals surface area (Å²) in [5.74, 6) is 2.08. The molecule has 5 rings (SSSR count). The Labute approximate surface area is 217 Å². The highest BCUT2D eigenvalue weighted by molar-refractivity contribution is 6.31. The summed E-state index contributed by atoms with van der Waals surface area (Å²) in [6.07, 6.45) is 2.36. The molecule has 1 aliphatic heterocycles. The van der Waals surface area contributed by atoms with Gasteiger partial charge in [0.2, 0.25) is 5.91 Å². The molecule has 2 heterocycles. The summed E-state index contributed by atoms with van der Waals surface area (Å²) in [4.78, 5) is 19.9. The third-order valence-corrected chi connectivity index (χ3v) is 7.57. The lowest BCUT2D eigenvalue weighted by Crippen LogP contribution is -2.24. The zero-order valence-corrected chi connectivity index (χ0v) is 21.9. The Morgan fingerprint density at radius 1 is 0.972 bits per heavy atom. The molecule has 0 spiro atoms. The van der Waals surface area contributed by atoms with Gasteiger partial charge in [-0.1, -0.05) is 29.8 Å². The molecular weight excluding hydrogens is 470 g/mol. The number of rotatable bonds is 8. The molecule has 5 nitrogen and oxygen atoms in total. The predicted molar refractivity (Wildman–Crippen MR) is 146 cm³/mol. The number of aromatic nitrogens is 2. The number of benzene rings is 3. The minimum atomic E-state index is 0.0693. The molecule has 0 radical (unpaired) electrons. The van der Waals surface area contributed by atoms with Crippen molar-refractivity contribution in [3.63, 3.8) is 0 Å². The monoisotopic (exact) mass is 501 g/mol. The van der Waals surface area contributed by atoms with E-state index in [0.717, 1.165) is 58.3 Å². The number of carbonyl (C=O) groups is 1. The van der Waals surface area contributed by atoms with Crippen molar-refractivity contribution < 1.29 is 9.53 Å². The van der Waals surface area contributed by atoms with Gasteiger partial charge in [0, 0.05) is 36.1 Å². The van der Waals surface area contributed by atoms with Gasteiger partial charge in [-0.05, 0) is 92.8 Å². The van der Waals surface area contributed by atoms with Gasteiger partial charge in [-0.2, -0.15) is 0 Å². The van der Waals surface area contributed by atoms with Crippen LogP contribution in [-0.2, 0) is 11.3 Å². The Hall–Kier alpha value is -3.31. The summed E-state index contributed by atoms with van der Waals surface area (Å²) in [5.41, 5.74) is 6.54. The number of anilines is 1. The first-order valence-corrected chi connectivity index (χ1v) is 13.0. The molecule has 0 saturated carbocycles. The molecule has 0 bridgehead atoms. The van der Waals surface area contributed by atoms with E-state index in [-0.39, 0.29) is 11.8 Å². The molecule has 1 aliphatic rings. The second-order valence-corrected chi connectivity index (χ2v) is 10.2. The summed E-state index contributed by atoms with van der Waals surface area (Å²) >= 11 is 6.12. The number of hydrogen-bond acceptors (Lipinski definition) is 3. The Morgan fingerprint density at radius 3 is 2.61 bits per heavy atom. The molecule has 3 aromatic carbocycles. The number of ether oxygens (including phenoxy) is 1. The molecule has 1 saturated heterocycles. The van der Waals surface area contributed by atoms with Crippen molar-refractivity contribution in [2.75, 3.05) is 18.1 Å². The van der Waals surface area contributed by atoms with E-state index in [4.69, 9.17) is 21.3 Å². The van der Waals surface area contributed by atoms with E-state index >= 15 is 0 Å². The van der Waals surface area contributed by atoms with Gasteiger partial charge < -0.3 is 14.2 Å². The number of halogens is 1. The van der Waals surface area contributed by atoms with Crippen LogP contribution in [0.2, 0.25) is 5.02 Å². The highest BCUT2D eigenvalue weighted by Crippen LogP contribution is 2.34. The van der Waals surface area contributed by atoms with Gasteiger partial charge in [0.05, 0.1) is 17.6 Å². The maximum absolute atomic E-state index is 13.0. The smallest absolute Gasteiger partial charge is 0.227 e. The molecule has 1 aromatic heterocycles. The topological polar surface area (TPSA) is 47.4 Å². The Bertz CT molecular complexity index is 1410. The highest BCUT2D eigenvalue weighted by atomic mass is 35.5. The molecule has 0 aliphatic carbocycles. The second-order valence-electron chi connectivity index (χ2n) is 9.75. The van der Waals surface area contributed by atoms with Crippen molar-refractivity contribution in [1.29, 1.82) is 0 Å². The highest BCUT2D eigenvalue weighted by Gasteiger charge is 2.34. The Kier molecular flexibility index (Phi) is 7.01. The number of para-hydroxylation sites is 2. The molecule has 186 valence electrons. The predicted octanol–water partition coefficient (Wildman–Crippen LogP) is 6.99. The third-order valence-electron chi connectivity index (χ3n) is 7.15. The summed E-state index contributed by atoms with van der Waals surface area (Å²) in [5, 5.41) is 0.753. The van der Waals surface area contributed by atoms with Crippen molar-refractivity contribution in [3.8, 4) is 5.75 Å². The van der Waals surface area contributed by atoms with Gasteiger partial charge in [-0.25, -0.2) is 4.98 Å². The van der Waals surface area contributed by atoms with Crippen molar-refractivity contribution in [1.82, 2.24) is 9.55 Å². The van der Waals surface area contributed by atoms with E-state index in [0.29, 0.717) is 19.6 Å². The lowest BCUT2D eigenvalue weighted by atomic mass is 10.1. The van der Waals surface area contributed by atoms with Crippen LogP contribution in [0.4, 0.5) is 5.69 Å². The van der Waals surface area contributed by atoms with Gasteiger partial charge in [-0.3, -0.25) is 4.79 Å². The van der Waals surface area contributed by atoms with Crippen LogP contribution in [-0.4, -0.2) is 28.6 Å². The Balaban J connectivity index is 1.29. The van der Waals surface area contributed by atoms with Crippen LogP contribution in [0.3, 0.4) is 0 Å². The molecule has 0 N–H and O–H groups in total. The van der Waals surface area contributed by atoms with Crippen LogP contribution < -0.4 is 9.64 Å². The first kappa shape index (κ1) is 24.4. The van der Waals surface area contributed by atoms with Crippen molar-refractivity contribution in [2.24, 2.45) is 0 Å². The van der Waals surface area contributed by atoms with Gasteiger partial charge >= 0.3 is 0 Å². The molecule has 4 aromatic rings. The number of nitrogens with zero attached hydrogens (tertiary/aromatic N) is 3. The van der Waals surface area contributed by atoms with E-state index in [1.54, 1.807) is 0 Å². The first-order chi connectivity index (χ1) is 17.4. The van der Waals surface area contributed by atoms with Crippen LogP contribution in [0.15, 0.2) is 60.7 Å². The van der Waals surface area contributed by atoms with Crippen LogP contribution in [0.5, 0.6) is 5.75 Å². The van der Waals surface area contributed by atoms with E-state index in [1.165, 1.54) is 11.1 Å². The average Bonchev–Trinajstić information content (AvgIpc) is 3.43. The summed E-state index contributed by atoms with van der Waals surface area (Å²) in [6, 6.07) is 20.3. The third kappa shape index (κ3) is 4.98. The first-order valence-electron chi connectivity index (χ1n) is 12.6. The van der Waals surface area contributed by atoms with Crippen molar-refractivity contribution >= 4 is 34.2 Å². The van der Waals surface area contributed by atoms with E-state index in [1.807, 2.05) is 42.2 Å². The minimum Gasteiger partial charge on any atom is -0.494 e. The van der Waals surface area contributed by atoms with Crippen LogP contribution >= 0.6 is 11.6 Å². The summed E-state index contributed by atoms with van der Waals surface area (Å²) < 4.78 is 8.25.